The number of ether oxygens (including phenoxy) is 1. The Hall–Kier alpha value is -3.20. The van der Waals surface area contributed by atoms with E-state index in [9.17, 15) is 9.18 Å². The Morgan fingerprint density at radius 1 is 1.29 bits per heavy atom. The number of aromatic nitrogens is 2. The molecule has 0 aliphatic rings. The molecular formula is C18H14FN3O2. The standard InChI is InChI=1S/C18H14FN3O2/c1-24-14-4-3-13(16(19)9-14)6-7-22-11-21-17-8-12(10-20)2-5-15(17)18(22)23/h2-5,8-9,11H,6-7H2,1H3. The molecule has 0 unspecified atom stereocenters. The molecule has 0 fully saturated rings. The van der Waals surface area contributed by atoms with Crippen molar-refractivity contribution in [2.45, 2.75) is 13.0 Å². The van der Waals surface area contributed by atoms with Crippen molar-refractivity contribution in [3.8, 4) is 11.8 Å². The van der Waals surface area contributed by atoms with Crippen molar-refractivity contribution in [3.63, 3.8) is 0 Å². The molecule has 3 aromatic rings. The average Bonchev–Trinajstić information content (AvgIpc) is 2.61. The van der Waals surface area contributed by atoms with Gasteiger partial charge in [-0.3, -0.25) is 9.36 Å². The monoisotopic (exact) mass is 323 g/mol. The summed E-state index contributed by atoms with van der Waals surface area (Å²) >= 11 is 0. The third-order valence-electron chi connectivity index (χ3n) is 3.84. The van der Waals surface area contributed by atoms with Gasteiger partial charge >= 0.3 is 0 Å². The number of rotatable bonds is 4. The quantitative estimate of drug-likeness (QED) is 0.740. The number of benzene rings is 2. The summed E-state index contributed by atoms with van der Waals surface area (Å²) in [6.45, 7) is 0.311. The zero-order chi connectivity index (χ0) is 17.1. The molecule has 6 heteroatoms. The molecule has 0 saturated carbocycles. The lowest BCUT2D eigenvalue weighted by atomic mass is 10.1. The number of nitrogens with zero attached hydrogens (tertiary/aromatic N) is 3. The molecule has 120 valence electrons. The maximum Gasteiger partial charge on any atom is 0.261 e. The van der Waals surface area contributed by atoms with Crippen LogP contribution in [-0.4, -0.2) is 16.7 Å². The van der Waals surface area contributed by atoms with Gasteiger partial charge in [-0.15, -0.1) is 0 Å². The smallest absolute Gasteiger partial charge is 0.261 e. The van der Waals surface area contributed by atoms with Crippen molar-refractivity contribution in [2.24, 2.45) is 0 Å². The zero-order valence-corrected chi connectivity index (χ0v) is 13.0. The van der Waals surface area contributed by atoms with Gasteiger partial charge in [-0.25, -0.2) is 9.37 Å². The first-order chi connectivity index (χ1) is 11.6. The lowest BCUT2D eigenvalue weighted by Crippen LogP contribution is -2.21. The molecule has 0 amide bonds. The summed E-state index contributed by atoms with van der Waals surface area (Å²) in [6, 6.07) is 11.4. The molecule has 1 aromatic heterocycles. The second-order valence-electron chi connectivity index (χ2n) is 5.29. The van der Waals surface area contributed by atoms with Crippen LogP contribution in [0.5, 0.6) is 5.75 Å². The van der Waals surface area contributed by atoms with Crippen LogP contribution in [0, 0.1) is 17.1 Å². The van der Waals surface area contributed by atoms with Crippen molar-refractivity contribution < 1.29 is 9.13 Å². The van der Waals surface area contributed by atoms with Gasteiger partial charge in [-0.1, -0.05) is 6.07 Å². The molecular weight excluding hydrogens is 309 g/mol. The Kier molecular flexibility index (Phi) is 4.25. The van der Waals surface area contributed by atoms with E-state index < -0.39 is 0 Å². The molecule has 0 spiro atoms. The van der Waals surface area contributed by atoms with Gasteiger partial charge in [-0.05, 0) is 36.2 Å². The van der Waals surface area contributed by atoms with Crippen LogP contribution in [0.25, 0.3) is 10.9 Å². The van der Waals surface area contributed by atoms with Gasteiger partial charge in [0.25, 0.3) is 5.56 Å². The summed E-state index contributed by atoms with van der Waals surface area (Å²) < 4.78 is 20.4. The van der Waals surface area contributed by atoms with E-state index in [1.165, 1.54) is 24.1 Å². The van der Waals surface area contributed by atoms with Crippen LogP contribution in [0.1, 0.15) is 11.1 Å². The van der Waals surface area contributed by atoms with E-state index in [2.05, 4.69) is 4.98 Å². The van der Waals surface area contributed by atoms with Crippen LogP contribution in [0.2, 0.25) is 0 Å². The zero-order valence-electron chi connectivity index (χ0n) is 13.0. The molecule has 0 N–H and O–H groups in total. The minimum atomic E-state index is -0.366. The molecule has 3 rings (SSSR count). The van der Waals surface area contributed by atoms with Crippen molar-refractivity contribution in [2.75, 3.05) is 7.11 Å². The van der Waals surface area contributed by atoms with Crippen molar-refractivity contribution in [3.05, 3.63) is 70.0 Å². The van der Waals surface area contributed by atoms with E-state index in [0.29, 0.717) is 40.7 Å². The first-order valence-corrected chi connectivity index (χ1v) is 7.34. The summed E-state index contributed by atoms with van der Waals surface area (Å²) in [6.07, 6.45) is 1.78. The second kappa shape index (κ2) is 6.50. The van der Waals surface area contributed by atoms with E-state index in [-0.39, 0.29) is 11.4 Å². The Morgan fingerprint density at radius 2 is 2.12 bits per heavy atom. The average molecular weight is 323 g/mol. The summed E-state index contributed by atoms with van der Waals surface area (Å²) in [7, 11) is 1.48. The molecule has 24 heavy (non-hydrogen) atoms. The van der Waals surface area contributed by atoms with Gasteiger partial charge in [0.15, 0.2) is 0 Å². The van der Waals surface area contributed by atoms with Crippen molar-refractivity contribution >= 4 is 10.9 Å². The largest absolute Gasteiger partial charge is 0.497 e. The van der Waals surface area contributed by atoms with E-state index in [4.69, 9.17) is 10.00 Å². The molecule has 0 atom stereocenters. The van der Waals surface area contributed by atoms with Gasteiger partial charge < -0.3 is 4.74 Å². The van der Waals surface area contributed by atoms with Crippen molar-refractivity contribution in [1.82, 2.24) is 9.55 Å². The summed E-state index contributed by atoms with van der Waals surface area (Å²) in [5.74, 6) is 0.0869. The predicted molar refractivity (Wildman–Crippen MR) is 87.4 cm³/mol. The molecule has 0 saturated heterocycles. The van der Waals surface area contributed by atoms with Crippen LogP contribution in [0.15, 0.2) is 47.5 Å². The molecule has 0 aliphatic carbocycles. The third-order valence-corrected chi connectivity index (χ3v) is 3.84. The Labute approximate surface area is 137 Å². The number of nitriles is 1. The Bertz CT molecular complexity index is 1010. The van der Waals surface area contributed by atoms with E-state index in [1.54, 1.807) is 30.3 Å². The molecule has 0 bridgehead atoms. The highest BCUT2D eigenvalue weighted by Crippen LogP contribution is 2.17. The van der Waals surface area contributed by atoms with Gasteiger partial charge in [0, 0.05) is 12.6 Å². The predicted octanol–water partition coefficient (Wildman–Crippen LogP) is 2.66. The second-order valence-corrected chi connectivity index (χ2v) is 5.29. The fraction of sp³-hybridized carbons (Fsp3) is 0.167. The van der Waals surface area contributed by atoms with Gasteiger partial charge in [0.1, 0.15) is 11.6 Å². The minimum Gasteiger partial charge on any atom is -0.497 e. The highest BCUT2D eigenvalue weighted by Gasteiger charge is 2.08. The number of hydrogen-bond acceptors (Lipinski definition) is 4. The highest BCUT2D eigenvalue weighted by molar-refractivity contribution is 5.78. The Morgan fingerprint density at radius 3 is 2.83 bits per heavy atom. The molecule has 1 heterocycles. The maximum atomic E-state index is 14.0. The van der Waals surface area contributed by atoms with Crippen LogP contribution >= 0.6 is 0 Å². The first kappa shape index (κ1) is 15.7. The van der Waals surface area contributed by atoms with Crippen LogP contribution in [0.3, 0.4) is 0 Å². The molecule has 5 nitrogen and oxygen atoms in total. The number of methoxy groups -OCH3 is 1. The van der Waals surface area contributed by atoms with E-state index >= 15 is 0 Å². The maximum absolute atomic E-state index is 14.0. The molecule has 0 radical (unpaired) electrons. The van der Waals surface area contributed by atoms with Crippen LogP contribution in [0.4, 0.5) is 4.39 Å². The minimum absolute atomic E-state index is 0.210. The fourth-order valence-electron chi connectivity index (χ4n) is 2.49. The van der Waals surface area contributed by atoms with Gasteiger partial charge in [0.2, 0.25) is 0 Å². The summed E-state index contributed by atoms with van der Waals surface area (Å²) in [5.41, 5.74) is 1.22. The molecule has 0 aliphatic heterocycles. The number of fused-ring (bicyclic) bond motifs is 1. The highest BCUT2D eigenvalue weighted by atomic mass is 19.1. The van der Waals surface area contributed by atoms with Crippen LogP contribution in [-0.2, 0) is 13.0 Å². The van der Waals surface area contributed by atoms with E-state index in [1.807, 2.05) is 6.07 Å². The topological polar surface area (TPSA) is 67.9 Å². The Balaban J connectivity index is 1.87. The number of aryl methyl sites for hydroxylation is 2. The lowest BCUT2D eigenvalue weighted by molar-refractivity contribution is 0.410. The number of hydrogen-bond donors (Lipinski definition) is 0. The lowest BCUT2D eigenvalue weighted by Gasteiger charge is -2.08. The SMILES string of the molecule is COc1ccc(CCn2cnc3cc(C#N)ccc3c2=O)c(F)c1. The van der Waals surface area contributed by atoms with E-state index in [0.717, 1.165) is 0 Å². The summed E-state index contributed by atoms with van der Waals surface area (Å²) in [5, 5.41) is 9.33. The number of halogens is 1. The van der Waals surface area contributed by atoms with Crippen LogP contribution < -0.4 is 10.3 Å². The van der Waals surface area contributed by atoms with Crippen molar-refractivity contribution in [1.29, 1.82) is 5.26 Å². The van der Waals surface area contributed by atoms with Gasteiger partial charge in [0.05, 0.1) is 36.0 Å². The van der Waals surface area contributed by atoms with Gasteiger partial charge in [-0.2, -0.15) is 5.26 Å². The first-order valence-electron chi connectivity index (χ1n) is 7.34. The fourth-order valence-corrected chi connectivity index (χ4v) is 2.49. The summed E-state index contributed by atoms with van der Waals surface area (Å²) in [4.78, 5) is 16.7. The third kappa shape index (κ3) is 2.97. The molecule has 2 aromatic carbocycles. The normalized spacial score (nSPS) is 10.5.